The molecule has 0 bridgehead atoms. The standard InChI is InChI=1S/4C12H10Br2N2.2ClHO4.2Cu/c4*13-7-9-3-1-5-11(15-9)12-6-2-4-10(8-14)16-12;2*2-1(3,4)5;;/h4*1-6H,7-8H2;2*(H,2,3,4,5);;/q;;;;;;2*+1/p-2. The fourth-order valence-corrected chi connectivity index (χ4v) is 8.07. The van der Waals surface area contributed by atoms with Gasteiger partial charge in [-0.2, -0.15) is 0 Å². The van der Waals surface area contributed by atoms with Crippen molar-refractivity contribution in [2.45, 2.75) is 42.6 Å². The minimum Gasteiger partial charge on any atom is -0.250 e. The normalized spacial score (nSPS) is 10.3. The van der Waals surface area contributed by atoms with Gasteiger partial charge < -0.3 is 0 Å². The smallest absolute Gasteiger partial charge is 0.250 e. The van der Waals surface area contributed by atoms with Gasteiger partial charge in [-0.25, -0.2) is 37.3 Å². The van der Waals surface area contributed by atoms with Crippen LogP contribution in [0.25, 0.3) is 45.6 Å². The summed E-state index contributed by atoms with van der Waals surface area (Å²) < 4.78 is 67.9. The molecule has 0 aliphatic carbocycles. The van der Waals surface area contributed by atoms with Gasteiger partial charge in [-0.05, 0) is 97.1 Å². The molecule has 0 atom stereocenters. The third kappa shape index (κ3) is 30.2. The molecule has 8 rings (SSSR count). The number of alkyl halides is 8. The minimum atomic E-state index is -4.94. The molecule has 0 fully saturated rings. The van der Waals surface area contributed by atoms with E-state index < -0.39 is 20.5 Å². The number of aromatic nitrogens is 8. The fourth-order valence-electron chi connectivity index (χ4n) is 5.57. The van der Waals surface area contributed by atoms with Crippen molar-refractivity contribution in [3.05, 3.63) is 191 Å². The van der Waals surface area contributed by atoms with E-state index in [4.69, 9.17) is 37.3 Å². The summed E-state index contributed by atoms with van der Waals surface area (Å²) >= 11 is 27.2. The van der Waals surface area contributed by atoms with E-state index in [-0.39, 0.29) is 34.1 Å². The zero-order chi connectivity index (χ0) is 54.5. The first kappa shape index (κ1) is 72.4. The molecular formula is C48H40Br8Cl2Cu2N8O8. The molecule has 0 N–H and O–H groups in total. The van der Waals surface area contributed by atoms with Crippen LogP contribution in [0, 0.1) is 20.5 Å². The fraction of sp³-hybridized carbons (Fsp3) is 0.167. The first-order valence-electron chi connectivity index (χ1n) is 20.7. The van der Waals surface area contributed by atoms with Gasteiger partial charge in [0.05, 0.1) is 91.1 Å². The quantitative estimate of drug-likeness (QED) is 0.0969. The van der Waals surface area contributed by atoms with Crippen LogP contribution in [0.1, 0.15) is 45.6 Å². The molecule has 0 saturated carbocycles. The van der Waals surface area contributed by atoms with Crippen LogP contribution >= 0.6 is 127 Å². The van der Waals surface area contributed by atoms with Crippen molar-refractivity contribution in [2.75, 3.05) is 0 Å². The van der Waals surface area contributed by atoms with Crippen molar-refractivity contribution < 1.29 is 91.9 Å². The van der Waals surface area contributed by atoms with E-state index in [0.717, 1.165) is 134 Å². The van der Waals surface area contributed by atoms with Crippen LogP contribution < -0.4 is 37.3 Å². The summed E-state index contributed by atoms with van der Waals surface area (Å²) in [7, 11) is -9.89. The van der Waals surface area contributed by atoms with Crippen LogP contribution in [-0.4, -0.2) is 39.9 Å². The molecular weight excluding hydrogens is 1650 g/mol. The predicted molar refractivity (Wildman–Crippen MR) is 291 cm³/mol. The van der Waals surface area contributed by atoms with Crippen molar-refractivity contribution in [1.29, 1.82) is 0 Å². The van der Waals surface area contributed by atoms with Gasteiger partial charge >= 0.3 is 34.1 Å². The zero-order valence-corrected chi connectivity index (χ0v) is 54.8. The van der Waals surface area contributed by atoms with Gasteiger partial charge in [0.15, 0.2) is 0 Å². The Bertz CT molecular complexity index is 2360. The molecule has 0 saturated heterocycles. The molecule has 16 nitrogen and oxygen atoms in total. The van der Waals surface area contributed by atoms with Gasteiger partial charge in [0, 0.05) is 42.6 Å². The van der Waals surface area contributed by atoms with Crippen molar-refractivity contribution in [1.82, 2.24) is 39.9 Å². The Hall–Kier alpha value is -1.66. The first-order chi connectivity index (χ1) is 35.3. The summed E-state index contributed by atoms with van der Waals surface area (Å²) in [5.74, 6) is 0. The monoisotopic (exact) mass is 1680 g/mol. The molecule has 412 valence electrons. The third-order valence-corrected chi connectivity index (χ3v) is 13.2. The number of hydrogen-bond donors (Lipinski definition) is 0. The van der Waals surface area contributed by atoms with E-state index in [2.05, 4.69) is 167 Å². The Balaban J connectivity index is 0.000000473. The van der Waals surface area contributed by atoms with Gasteiger partial charge in [0.1, 0.15) is 0 Å². The molecule has 28 heteroatoms. The van der Waals surface area contributed by atoms with Crippen LogP contribution in [0.3, 0.4) is 0 Å². The molecule has 8 aromatic heterocycles. The number of hydrogen-bond acceptors (Lipinski definition) is 16. The molecule has 0 spiro atoms. The third-order valence-electron chi connectivity index (χ3n) is 8.60. The Labute approximate surface area is 532 Å². The van der Waals surface area contributed by atoms with Gasteiger partial charge in [-0.1, -0.05) is 176 Å². The van der Waals surface area contributed by atoms with Crippen LogP contribution in [0.2, 0.25) is 0 Å². The second-order valence-corrected chi connectivity index (χ2v) is 19.9. The zero-order valence-electron chi connectivity index (χ0n) is 38.7. The number of pyridine rings is 8. The average Bonchev–Trinajstić information content (AvgIpc) is 3.42. The van der Waals surface area contributed by atoms with Crippen LogP contribution in [0.5, 0.6) is 0 Å². The number of nitrogens with zero attached hydrogens (tertiary/aromatic N) is 8. The SMILES string of the molecule is BrCc1cccc(-c2cccc(CBr)n2)n1.BrCc1cccc(-c2cccc(CBr)n2)n1.BrCc1cccc(-c2cccc(CBr)n2)n1.BrCc1cccc(-c2cccc(CBr)n2)n1.[Cu+].[Cu+].[O-][Cl+3]([O-])([O-])[O-].[O-][Cl+3]([O-])([O-])[O-]. The predicted octanol–water partition coefficient (Wildman–Crippen LogP) is 6.22. The van der Waals surface area contributed by atoms with Crippen LogP contribution in [0.15, 0.2) is 146 Å². The summed E-state index contributed by atoms with van der Waals surface area (Å²) in [6, 6.07) is 47.8. The number of halogens is 10. The minimum absolute atomic E-state index is 0. The van der Waals surface area contributed by atoms with E-state index in [0.29, 0.717) is 0 Å². The van der Waals surface area contributed by atoms with Crippen molar-refractivity contribution in [3.63, 3.8) is 0 Å². The van der Waals surface area contributed by atoms with E-state index >= 15 is 0 Å². The molecule has 0 aromatic carbocycles. The Morgan fingerprint density at radius 3 is 0.395 bits per heavy atom. The average molecular weight is 1690 g/mol. The topological polar surface area (TPSA) is 288 Å². The Kier molecular flexibility index (Phi) is 37.8. The molecule has 0 radical (unpaired) electrons. The van der Waals surface area contributed by atoms with Gasteiger partial charge in [0.25, 0.3) is 0 Å². The molecule has 8 heterocycles. The maximum atomic E-state index is 8.49. The summed E-state index contributed by atoms with van der Waals surface area (Å²) in [6.45, 7) is 0. The molecule has 8 aromatic rings. The van der Waals surface area contributed by atoms with E-state index in [9.17, 15) is 0 Å². The summed E-state index contributed by atoms with van der Waals surface area (Å²) in [6.07, 6.45) is 0. The number of rotatable bonds is 12. The summed E-state index contributed by atoms with van der Waals surface area (Å²) in [4.78, 5) is 36.1. The van der Waals surface area contributed by atoms with Gasteiger partial charge in [0.2, 0.25) is 0 Å². The summed E-state index contributed by atoms with van der Waals surface area (Å²) in [5, 5.41) is 6.10. The molecule has 0 amide bonds. The van der Waals surface area contributed by atoms with Gasteiger partial charge in [-0.3, -0.25) is 39.9 Å². The van der Waals surface area contributed by atoms with Crippen molar-refractivity contribution in [2.24, 2.45) is 0 Å². The van der Waals surface area contributed by atoms with Crippen LogP contribution in [0.4, 0.5) is 0 Å². The summed E-state index contributed by atoms with van der Waals surface area (Å²) in [5.41, 5.74) is 15.5. The van der Waals surface area contributed by atoms with E-state index in [1.54, 1.807) is 0 Å². The molecule has 0 unspecified atom stereocenters. The second kappa shape index (κ2) is 39.7. The Morgan fingerprint density at radius 1 is 0.224 bits per heavy atom. The second-order valence-electron chi connectivity index (χ2n) is 13.9. The first-order valence-corrected chi connectivity index (χ1v) is 32.2. The van der Waals surface area contributed by atoms with Crippen molar-refractivity contribution in [3.8, 4) is 45.6 Å². The maximum Gasteiger partial charge on any atom is 1.00 e. The maximum absolute atomic E-state index is 8.49. The van der Waals surface area contributed by atoms with E-state index in [1.165, 1.54) is 0 Å². The Morgan fingerprint density at radius 2 is 0.316 bits per heavy atom. The molecule has 76 heavy (non-hydrogen) atoms. The molecule has 0 aliphatic rings. The van der Waals surface area contributed by atoms with Crippen LogP contribution in [-0.2, 0) is 76.8 Å². The molecule has 0 aliphatic heterocycles. The van der Waals surface area contributed by atoms with E-state index in [1.807, 2.05) is 146 Å². The van der Waals surface area contributed by atoms with Gasteiger partial charge in [-0.15, -0.1) is 20.5 Å². The van der Waals surface area contributed by atoms with Crippen molar-refractivity contribution >= 4 is 127 Å². The largest absolute Gasteiger partial charge is 1.00 e.